The summed E-state index contributed by atoms with van der Waals surface area (Å²) in [6.45, 7) is 3.79. The number of halogens is 4. The molecule has 1 aliphatic carbocycles. The molecule has 4 aromatic rings. The van der Waals surface area contributed by atoms with Gasteiger partial charge in [-0.2, -0.15) is 5.10 Å². The van der Waals surface area contributed by atoms with Crippen molar-refractivity contribution < 1.29 is 18.0 Å². The molecule has 2 aliphatic rings. The van der Waals surface area contributed by atoms with Crippen LogP contribution in [0.5, 0.6) is 0 Å². The Kier molecular flexibility index (Phi) is 6.36. The summed E-state index contributed by atoms with van der Waals surface area (Å²) < 4.78 is 42.8. The van der Waals surface area contributed by atoms with E-state index in [0.717, 1.165) is 42.1 Å². The molecule has 0 N–H and O–H groups in total. The highest BCUT2D eigenvalue weighted by molar-refractivity contribution is 6.31. The van der Waals surface area contributed by atoms with Crippen LogP contribution in [0.3, 0.4) is 0 Å². The number of hydrogen-bond acceptors (Lipinski definition) is 4. The van der Waals surface area contributed by atoms with Gasteiger partial charge in [0.2, 0.25) is 0 Å². The normalized spacial score (nSPS) is 15.6. The molecule has 38 heavy (non-hydrogen) atoms. The van der Waals surface area contributed by atoms with Crippen LogP contribution in [0.1, 0.15) is 39.5 Å². The van der Waals surface area contributed by atoms with Crippen LogP contribution in [-0.4, -0.2) is 56.5 Å². The van der Waals surface area contributed by atoms with E-state index in [2.05, 4.69) is 30.2 Å². The van der Waals surface area contributed by atoms with E-state index in [4.69, 9.17) is 16.6 Å². The molecule has 0 unspecified atom stereocenters. The van der Waals surface area contributed by atoms with Crippen LogP contribution in [-0.2, 0) is 25.8 Å². The summed E-state index contributed by atoms with van der Waals surface area (Å²) in [4.78, 5) is 21.9. The van der Waals surface area contributed by atoms with Crippen LogP contribution in [0.25, 0.3) is 16.9 Å². The van der Waals surface area contributed by atoms with E-state index in [0.29, 0.717) is 48.6 Å². The zero-order chi connectivity index (χ0) is 26.6. The zero-order valence-corrected chi connectivity index (χ0v) is 21.5. The summed E-state index contributed by atoms with van der Waals surface area (Å²) in [5.41, 5.74) is 5.96. The van der Waals surface area contributed by atoms with Crippen LogP contribution in [0.2, 0.25) is 5.15 Å². The summed E-state index contributed by atoms with van der Waals surface area (Å²) in [5, 5.41) is 4.84. The summed E-state index contributed by atoms with van der Waals surface area (Å²) in [5.74, 6) is -3.29. The van der Waals surface area contributed by atoms with Crippen molar-refractivity contribution in [1.29, 1.82) is 0 Å². The third-order valence-electron chi connectivity index (χ3n) is 7.51. The molecular formula is C28H25ClF3N5O. The second kappa shape index (κ2) is 9.71. The van der Waals surface area contributed by atoms with E-state index >= 15 is 0 Å². The lowest BCUT2D eigenvalue weighted by Crippen LogP contribution is -2.48. The van der Waals surface area contributed by atoms with Crippen molar-refractivity contribution >= 4 is 23.2 Å². The minimum absolute atomic E-state index is 0.0418. The van der Waals surface area contributed by atoms with E-state index < -0.39 is 17.5 Å². The average Bonchev–Trinajstić information content (AvgIpc) is 3.35. The van der Waals surface area contributed by atoms with Gasteiger partial charge in [-0.1, -0.05) is 36.7 Å². The third kappa shape index (κ3) is 4.23. The SMILES string of the molecule is CCc1ccc2c(c1)CCc1c-2nc2c(C(=O)N3CCN(Cc4cc(F)cc(F)c4F)CC3)cnn2c1Cl. The first-order valence-electron chi connectivity index (χ1n) is 12.7. The standard InChI is InChI=1S/C28H25ClF3N5O/c1-2-16-3-5-20-17(11-16)4-6-21-25(20)34-27-22(14-33-37(27)26(21)29)28(38)36-9-7-35(8-10-36)15-18-12-19(30)13-23(31)24(18)32/h3,5,11-14H,2,4,6-10,15H2,1H3. The van der Waals surface area contributed by atoms with Gasteiger partial charge in [0.15, 0.2) is 17.3 Å². The second-order valence-electron chi connectivity index (χ2n) is 9.80. The first-order valence-corrected chi connectivity index (χ1v) is 13.0. The molecule has 6 nitrogen and oxygen atoms in total. The van der Waals surface area contributed by atoms with Crippen molar-refractivity contribution in [2.24, 2.45) is 0 Å². The van der Waals surface area contributed by atoms with Gasteiger partial charge >= 0.3 is 0 Å². The number of amides is 1. The number of rotatable bonds is 4. The number of carbonyl (C=O) groups is 1. The Morgan fingerprint density at radius 2 is 1.84 bits per heavy atom. The van der Waals surface area contributed by atoms with Gasteiger partial charge in [0, 0.05) is 55.5 Å². The van der Waals surface area contributed by atoms with Crippen molar-refractivity contribution in [3.63, 3.8) is 0 Å². The molecule has 2 aromatic carbocycles. The van der Waals surface area contributed by atoms with Gasteiger partial charge in [-0.05, 0) is 36.5 Å². The molecule has 1 aliphatic heterocycles. The number of hydrogen-bond donors (Lipinski definition) is 0. The van der Waals surface area contributed by atoms with Gasteiger partial charge in [-0.25, -0.2) is 22.7 Å². The predicted molar refractivity (Wildman–Crippen MR) is 138 cm³/mol. The van der Waals surface area contributed by atoms with Gasteiger partial charge in [0.05, 0.1) is 11.9 Å². The molecule has 0 spiro atoms. The Labute approximate surface area is 222 Å². The Hall–Kier alpha value is -3.43. The van der Waals surface area contributed by atoms with Crippen molar-refractivity contribution in [3.05, 3.63) is 87.0 Å². The third-order valence-corrected chi connectivity index (χ3v) is 7.90. The van der Waals surface area contributed by atoms with Gasteiger partial charge in [0.1, 0.15) is 16.5 Å². The Balaban J connectivity index is 1.24. The highest BCUT2D eigenvalue weighted by Crippen LogP contribution is 2.37. The minimum Gasteiger partial charge on any atom is -0.336 e. The molecule has 2 aromatic heterocycles. The molecule has 0 radical (unpaired) electrons. The van der Waals surface area contributed by atoms with Crippen LogP contribution in [0.4, 0.5) is 13.2 Å². The largest absolute Gasteiger partial charge is 0.336 e. The van der Waals surface area contributed by atoms with Crippen LogP contribution < -0.4 is 0 Å². The lowest BCUT2D eigenvalue weighted by atomic mass is 9.88. The predicted octanol–water partition coefficient (Wildman–Crippen LogP) is 5.09. The van der Waals surface area contributed by atoms with E-state index in [1.54, 1.807) is 4.90 Å². The summed E-state index contributed by atoms with van der Waals surface area (Å²) in [6, 6.07) is 7.93. The number of aromatic nitrogens is 3. The molecule has 0 saturated carbocycles. The molecular weight excluding hydrogens is 515 g/mol. The Morgan fingerprint density at radius 1 is 1.05 bits per heavy atom. The molecule has 1 amide bonds. The maximum absolute atomic E-state index is 14.1. The fourth-order valence-electron chi connectivity index (χ4n) is 5.40. The number of nitrogens with zero attached hydrogens (tertiary/aromatic N) is 5. The van der Waals surface area contributed by atoms with Crippen molar-refractivity contribution in [2.45, 2.75) is 32.7 Å². The maximum Gasteiger partial charge on any atom is 0.259 e. The smallest absolute Gasteiger partial charge is 0.259 e. The molecule has 6 rings (SSSR count). The van der Waals surface area contributed by atoms with Crippen molar-refractivity contribution in [1.82, 2.24) is 24.4 Å². The first-order chi connectivity index (χ1) is 18.3. The highest BCUT2D eigenvalue weighted by atomic mass is 35.5. The van der Waals surface area contributed by atoms with E-state index in [1.165, 1.54) is 21.8 Å². The van der Waals surface area contributed by atoms with Crippen LogP contribution >= 0.6 is 11.6 Å². The minimum atomic E-state index is -1.20. The fraction of sp³-hybridized carbons (Fsp3) is 0.321. The molecule has 10 heteroatoms. The quantitative estimate of drug-likeness (QED) is 0.268. The zero-order valence-electron chi connectivity index (χ0n) is 20.8. The van der Waals surface area contributed by atoms with Crippen molar-refractivity contribution in [2.75, 3.05) is 26.2 Å². The van der Waals surface area contributed by atoms with Crippen molar-refractivity contribution in [3.8, 4) is 11.3 Å². The fourth-order valence-corrected chi connectivity index (χ4v) is 5.70. The van der Waals surface area contributed by atoms with Gasteiger partial charge in [-0.3, -0.25) is 9.69 Å². The number of piperazine rings is 1. The highest BCUT2D eigenvalue weighted by Gasteiger charge is 2.29. The molecule has 3 heterocycles. The van der Waals surface area contributed by atoms with Gasteiger partial charge in [0.25, 0.3) is 5.91 Å². The van der Waals surface area contributed by atoms with Crippen LogP contribution in [0.15, 0.2) is 36.5 Å². The molecule has 0 atom stereocenters. The monoisotopic (exact) mass is 539 g/mol. The van der Waals surface area contributed by atoms with Gasteiger partial charge in [-0.15, -0.1) is 0 Å². The molecule has 196 valence electrons. The Bertz CT molecular complexity index is 1580. The Morgan fingerprint density at radius 3 is 2.61 bits per heavy atom. The average molecular weight is 540 g/mol. The van der Waals surface area contributed by atoms with E-state index in [1.807, 2.05) is 4.90 Å². The topological polar surface area (TPSA) is 53.7 Å². The maximum atomic E-state index is 14.1. The summed E-state index contributed by atoms with van der Waals surface area (Å²) in [6.07, 6.45) is 4.07. The van der Waals surface area contributed by atoms with E-state index in [-0.39, 0.29) is 18.0 Å². The second-order valence-corrected chi connectivity index (χ2v) is 10.2. The van der Waals surface area contributed by atoms with Gasteiger partial charge < -0.3 is 4.90 Å². The summed E-state index contributed by atoms with van der Waals surface area (Å²) in [7, 11) is 0. The lowest BCUT2D eigenvalue weighted by molar-refractivity contribution is 0.0628. The molecule has 1 fully saturated rings. The number of carbonyl (C=O) groups excluding carboxylic acids is 1. The van der Waals surface area contributed by atoms with Crippen LogP contribution in [0, 0.1) is 17.5 Å². The number of fused-ring (bicyclic) bond motifs is 4. The number of aryl methyl sites for hydroxylation is 2. The first kappa shape index (κ1) is 24.9. The molecule has 1 saturated heterocycles. The molecule has 0 bridgehead atoms. The summed E-state index contributed by atoms with van der Waals surface area (Å²) >= 11 is 6.76. The van der Waals surface area contributed by atoms with E-state index in [9.17, 15) is 18.0 Å². The lowest BCUT2D eigenvalue weighted by Gasteiger charge is -2.34. The number of benzene rings is 2.